The normalized spacial score (nSPS) is 12.8. The Morgan fingerprint density at radius 3 is 2.29 bits per heavy atom. The summed E-state index contributed by atoms with van der Waals surface area (Å²) in [6.07, 6.45) is 3.24. The zero-order chi connectivity index (χ0) is 11.2. The van der Waals surface area contributed by atoms with Crippen LogP contribution in [-0.2, 0) is 0 Å². The molecule has 0 atom stereocenters. The Morgan fingerprint density at radius 1 is 1.36 bits per heavy atom. The summed E-state index contributed by atoms with van der Waals surface area (Å²) in [5.41, 5.74) is 0.982. The average molecular weight is 197 g/mol. The lowest BCUT2D eigenvalue weighted by atomic mass is 10.1. The van der Waals surface area contributed by atoms with Gasteiger partial charge in [-0.3, -0.25) is 10.0 Å². The predicted molar refractivity (Wildman–Crippen MR) is 64.0 cm³/mol. The molecular weight excluding hydrogens is 174 g/mol. The smallest absolute Gasteiger partial charge is 0.141 e. The molecule has 3 nitrogen and oxygen atoms in total. The highest BCUT2D eigenvalue weighted by molar-refractivity contribution is 5.84. The molecule has 0 aliphatic rings. The van der Waals surface area contributed by atoms with E-state index in [2.05, 4.69) is 25.7 Å². The van der Waals surface area contributed by atoms with Gasteiger partial charge in [0.2, 0.25) is 0 Å². The van der Waals surface area contributed by atoms with Crippen LogP contribution in [0.1, 0.15) is 47.0 Å². The van der Waals surface area contributed by atoms with Crippen molar-refractivity contribution in [3.05, 3.63) is 0 Å². The van der Waals surface area contributed by atoms with Crippen molar-refractivity contribution >= 4 is 12.4 Å². The molecule has 0 aromatic rings. The molecule has 0 saturated heterocycles. The molecule has 0 aromatic heterocycles. The minimum atomic E-state index is -0.276. The molecular formula is C11H23N3. The molecule has 0 aromatic carbocycles. The lowest BCUT2D eigenvalue weighted by Gasteiger charge is -2.30. The van der Waals surface area contributed by atoms with Crippen molar-refractivity contribution < 1.29 is 0 Å². The third kappa shape index (κ3) is 3.90. The molecule has 0 heterocycles. The lowest BCUT2D eigenvalue weighted by Crippen LogP contribution is -2.36. The fourth-order valence-electron chi connectivity index (χ4n) is 1.23. The van der Waals surface area contributed by atoms with Gasteiger partial charge >= 0.3 is 0 Å². The van der Waals surface area contributed by atoms with Gasteiger partial charge in [0.25, 0.3) is 0 Å². The van der Waals surface area contributed by atoms with Crippen LogP contribution >= 0.6 is 0 Å². The Balaban J connectivity index is 4.63. The van der Waals surface area contributed by atoms with E-state index in [0.29, 0.717) is 0 Å². The summed E-state index contributed by atoms with van der Waals surface area (Å²) in [6, 6.07) is 0. The van der Waals surface area contributed by atoms with E-state index >= 15 is 0 Å². The van der Waals surface area contributed by atoms with Gasteiger partial charge in [0.15, 0.2) is 0 Å². The van der Waals surface area contributed by atoms with Crippen molar-refractivity contribution in [3.8, 4) is 0 Å². The molecule has 0 amide bonds. The quantitative estimate of drug-likeness (QED) is 0.475. The van der Waals surface area contributed by atoms with Crippen LogP contribution in [0.25, 0.3) is 0 Å². The second-order valence-electron chi connectivity index (χ2n) is 3.94. The molecule has 0 spiro atoms. The average Bonchev–Trinajstić information content (AvgIpc) is 2.15. The SMILES string of the molecule is C=NN(C)C(C)(C)N=C(CC)CCC. The van der Waals surface area contributed by atoms with Crippen LogP contribution in [0, 0.1) is 0 Å². The fraction of sp³-hybridized carbons (Fsp3) is 0.818. The van der Waals surface area contributed by atoms with Crippen LogP contribution < -0.4 is 0 Å². The number of nitrogens with zero attached hydrogens (tertiary/aromatic N) is 3. The molecule has 0 saturated carbocycles. The van der Waals surface area contributed by atoms with Gasteiger partial charge in [-0.1, -0.05) is 20.3 Å². The third-order valence-electron chi connectivity index (χ3n) is 2.38. The standard InChI is InChI=1S/C11H23N3/c1-7-9-10(8-2)13-11(3,4)14(6)12-5/h5,7-9H2,1-4,6H3. The first-order chi connectivity index (χ1) is 6.47. The van der Waals surface area contributed by atoms with E-state index in [9.17, 15) is 0 Å². The Morgan fingerprint density at radius 2 is 1.93 bits per heavy atom. The number of rotatable bonds is 6. The predicted octanol–water partition coefficient (Wildman–Crippen LogP) is 2.92. The Bertz CT molecular complexity index is 207. The molecule has 0 unspecified atom stereocenters. The van der Waals surface area contributed by atoms with Crippen LogP contribution in [0.3, 0.4) is 0 Å². The highest BCUT2D eigenvalue weighted by Gasteiger charge is 2.20. The van der Waals surface area contributed by atoms with E-state index in [4.69, 9.17) is 4.99 Å². The van der Waals surface area contributed by atoms with E-state index < -0.39 is 0 Å². The van der Waals surface area contributed by atoms with Crippen molar-refractivity contribution in [2.75, 3.05) is 7.05 Å². The first-order valence-electron chi connectivity index (χ1n) is 5.26. The second kappa shape index (κ2) is 5.78. The zero-order valence-electron chi connectivity index (χ0n) is 10.2. The monoisotopic (exact) mass is 197 g/mol. The Hall–Kier alpha value is -0.860. The van der Waals surface area contributed by atoms with Gasteiger partial charge in [-0.2, -0.15) is 5.10 Å². The van der Waals surface area contributed by atoms with Gasteiger partial charge in [-0.25, -0.2) is 0 Å². The molecule has 14 heavy (non-hydrogen) atoms. The number of hydrogen-bond acceptors (Lipinski definition) is 3. The minimum Gasteiger partial charge on any atom is -0.274 e. The summed E-state index contributed by atoms with van der Waals surface area (Å²) in [7, 11) is 1.90. The summed E-state index contributed by atoms with van der Waals surface area (Å²) in [4.78, 5) is 4.70. The summed E-state index contributed by atoms with van der Waals surface area (Å²) in [6.45, 7) is 11.9. The van der Waals surface area contributed by atoms with Gasteiger partial charge in [-0.05, 0) is 26.7 Å². The first-order valence-corrected chi connectivity index (χ1v) is 5.26. The Labute approximate surface area is 87.9 Å². The van der Waals surface area contributed by atoms with Gasteiger partial charge in [0.1, 0.15) is 5.66 Å². The van der Waals surface area contributed by atoms with Crippen molar-refractivity contribution in [1.29, 1.82) is 0 Å². The largest absolute Gasteiger partial charge is 0.274 e. The first kappa shape index (κ1) is 13.1. The second-order valence-corrected chi connectivity index (χ2v) is 3.94. The molecule has 0 aliphatic heterocycles. The maximum Gasteiger partial charge on any atom is 0.141 e. The van der Waals surface area contributed by atoms with Crippen molar-refractivity contribution in [1.82, 2.24) is 5.01 Å². The molecule has 0 aliphatic carbocycles. The maximum atomic E-state index is 4.70. The topological polar surface area (TPSA) is 28.0 Å². The van der Waals surface area contributed by atoms with E-state index in [-0.39, 0.29) is 5.66 Å². The molecule has 0 N–H and O–H groups in total. The lowest BCUT2D eigenvalue weighted by molar-refractivity contribution is 0.174. The summed E-state index contributed by atoms with van der Waals surface area (Å²) in [5.74, 6) is 0. The van der Waals surface area contributed by atoms with Crippen LogP contribution in [0.2, 0.25) is 0 Å². The van der Waals surface area contributed by atoms with Crippen molar-refractivity contribution in [2.24, 2.45) is 10.1 Å². The number of hydrazone groups is 1. The van der Waals surface area contributed by atoms with Gasteiger partial charge < -0.3 is 0 Å². The molecule has 0 fully saturated rings. The zero-order valence-corrected chi connectivity index (χ0v) is 10.2. The van der Waals surface area contributed by atoms with Crippen molar-refractivity contribution in [2.45, 2.75) is 52.6 Å². The van der Waals surface area contributed by atoms with Gasteiger partial charge in [0, 0.05) is 19.5 Å². The van der Waals surface area contributed by atoms with E-state index in [1.54, 1.807) is 5.01 Å². The molecule has 3 heteroatoms. The van der Waals surface area contributed by atoms with E-state index in [0.717, 1.165) is 19.3 Å². The summed E-state index contributed by atoms with van der Waals surface area (Å²) >= 11 is 0. The highest BCUT2D eigenvalue weighted by atomic mass is 15.5. The van der Waals surface area contributed by atoms with E-state index in [1.165, 1.54) is 5.71 Å². The molecule has 0 rings (SSSR count). The van der Waals surface area contributed by atoms with Crippen LogP contribution in [0.15, 0.2) is 10.1 Å². The number of aliphatic imine (C=N–C) groups is 1. The maximum absolute atomic E-state index is 4.70. The molecule has 82 valence electrons. The molecule has 0 radical (unpaired) electrons. The molecule has 0 bridgehead atoms. The third-order valence-corrected chi connectivity index (χ3v) is 2.38. The highest BCUT2D eigenvalue weighted by Crippen LogP contribution is 2.16. The van der Waals surface area contributed by atoms with Crippen LogP contribution in [0.4, 0.5) is 0 Å². The van der Waals surface area contributed by atoms with Crippen LogP contribution in [0.5, 0.6) is 0 Å². The van der Waals surface area contributed by atoms with Gasteiger partial charge in [0.05, 0.1) is 0 Å². The Kier molecular flexibility index (Phi) is 5.43. The van der Waals surface area contributed by atoms with Crippen LogP contribution in [-0.4, -0.2) is 30.1 Å². The minimum absolute atomic E-state index is 0.276. The fourth-order valence-corrected chi connectivity index (χ4v) is 1.23. The van der Waals surface area contributed by atoms with Crippen molar-refractivity contribution in [3.63, 3.8) is 0 Å². The summed E-state index contributed by atoms with van der Waals surface area (Å²) < 4.78 is 0. The van der Waals surface area contributed by atoms with E-state index in [1.807, 2.05) is 20.9 Å². The van der Waals surface area contributed by atoms with Gasteiger partial charge in [-0.15, -0.1) is 0 Å². The summed E-state index contributed by atoms with van der Waals surface area (Å²) in [5, 5.41) is 5.67. The number of hydrogen-bond donors (Lipinski definition) is 0.